The van der Waals surface area contributed by atoms with Gasteiger partial charge in [0.15, 0.2) is 44.7 Å². The third-order valence-corrected chi connectivity index (χ3v) is 22.7. The molecule has 0 bridgehead atoms. The van der Waals surface area contributed by atoms with Gasteiger partial charge in [0.1, 0.15) is 72.2 Å². The zero-order chi connectivity index (χ0) is 99.6. The third-order valence-electron chi connectivity index (χ3n) is 22.7. The van der Waals surface area contributed by atoms with E-state index >= 15 is 0 Å². The number of rotatable bonds is 40. The summed E-state index contributed by atoms with van der Waals surface area (Å²) < 4.78 is 34.1. The van der Waals surface area contributed by atoms with Gasteiger partial charge >= 0.3 is 22.8 Å². The Kier molecular flexibility index (Phi) is 37.1. The zero-order valence-electron chi connectivity index (χ0n) is 80.1. The number of para-hydroxylation sites is 2. The van der Waals surface area contributed by atoms with Crippen molar-refractivity contribution in [3.8, 4) is 23.0 Å². The highest BCUT2D eigenvalue weighted by Crippen LogP contribution is 2.31. The molecule has 0 saturated carbocycles. The number of nitrogens with two attached hydrogens (primary N) is 1. The second-order valence-electron chi connectivity index (χ2n) is 35.3. The van der Waals surface area contributed by atoms with Crippen molar-refractivity contribution in [1.29, 1.82) is 0 Å². The van der Waals surface area contributed by atoms with Gasteiger partial charge in [-0.2, -0.15) is 0 Å². The van der Waals surface area contributed by atoms with E-state index in [2.05, 4.69) is 24.8 Å². The van der Waals surface area contributed by atoms with Gasteiger partial charge in [0.25, 0.3) is 27.9 Å². The van der Waals surface area contributed by atoms with Crippen LogP contribution in [-0.4, -0.2) is 122 Å². The lowest BCUT2D eigenvalue weighted by Crippen LogP contribution is -2.40. The number of nitro groups is 1. The Bertz CT molecular complexity index is 7250. The van der Waals surface area contributed by atoms with Crippen LogP contribution in [0.2, 0.25) is 0 Å². The number of hydrogen-bond donors (Lipinski definition) is 5. The molecular weight excluding hydrogens is 1770 g/mol. The van der Waals surface area contributed by atoms with Crippen molar-refractivity contribution in [3.63, 3.8) is 0 Å². The average molecular weight is 1890 g/mol. The normalized spacial score (nSPS) is 11.4. The molecule has 0 atom stereocenters. The number of aromatic nitrogens is 16. The lowest BCUT2D eigenvalue weighted by molar-refractivity contribution is -0.384. The maximum absolute atomic E-state index is 13.1. The van der Waals surface area contributed by atoms with Gasteiger partial charge in [0.2, 0.25) is 5.69 Å². The minimum Gasteiger partial charge on any atom is -0.498 e. The minimum absolute atomic E-state index is 0.0372. The van der Waals surface area contributed by atoms with E-state index in [-0.39, 0.29) is 127 Å². The molecule has 0 aliphatic heterocycles. The first-order valence-electron chi connectivity index (χ1n) is 46.3. The molecule has 0 saturated heterocycles. The number of non-ortho nitro benzene ring substituents is 1. The Labute approximate surface area is 795 Å². The number of aliphatic hydroxyl groups excluding tert-OH is 4. The number of anilines is 1. The Morgan fingerprint density at radius 1 is 0.377 bits per heavy atom. The molecule has 0 amide bonds. The van der Waals surface area contributed by atoms with E-state index in [0.717, 1.165) is 84.4 Å². The number of aryl methyl sites for hydroxylation is 5. The lowest BCUT2D eigenvalue weighted by Gasteiger charge is -2.17. The van der Waals surface area contributed by atoms with Gasteiger partial charge in [-0.3, -0.25) is 65.8 Å². The Morgan fingerprint density at radius 2 is 0.717 bits per heavy atom. The van der Waals surface area contributed by atoms with Gasteiger partial charge in [0.05, 0.1) is 46.9 Å². The summed E-state index contributed by atoms with van der Waals surface area (Å²) >= 11 is 0. The SMILES string of the molecule is CC(C)Cn1c(=O)n(C)c(=O)c2nc(CCCCCO)c(COc3cccc(N)c3)nc21.CC(C)Cn1c(=O)n(C)c(=O)c2nc(CCCCCO)c(COc3cccc([N+](=O)[O-])c3)nc21.CC(C)Cn1c(=O)n(C)c(=O)c2nc(CCc3ccccc3CO)c(COc3cccc4ccccc34)nc21.[C-]#[N+]c1ccccc1OCc1nc2c(nc1CCCCCO)c(=O)n(C)c(=O)n2CC(C)C. The first-order chi connectivity index (χ1) is 66.3. The van der Waals surface area contributed by atoms with Crippen molar-refractivity contribution < 1.29 is 44.3 Å². The smallest absolute Gasteiger partial charge is 0.332 e. The first-order valence-corrected chi connectivity index (χ1v) is 46.3. The molecule has 0 spiro atoms. The molecule has 8 heterocycles. The molecule has 0 fully saturated rings. The van der Waals surface area contributed by atoms with Gasteiger partial charge in [0, 0.05) is 97.4 Å². The summed E-state index contributed by atoms with van der Waals surface area (Å²) in [5.74, 6) is 2.68. The van der Waals surface area contributed by atoms with E-state index in [1.54, 1.807) is 54.6 Å². The van der Waals surface area contributed by atoms with Crippen LogP contribution in [0.3, 0.4) is 0 Å². The van der Waals surface area contributed by atoms with E-state index in [1.807, 2.05) is 122 Å². The van der Waals surface area contributed by atoms with Crippen LogP contribution >= 0.6 is 0 Å². The highest BCUT2D eigenvalue weighted by atomic mass is 16.6. The van der Waals surface area contributed by atoms with Crippen LogP contribution in [0.25, 0.3) is 60.3 Å². The molecule has 0 aliphatic rings. The fourth-order valence-corrected chi connectivity index (χ4v) is 15.6. The van der Waals surface area contributed by atoms with Crippen LogP contribution in [0, 0.1) is 40.4 Å². The van der Waals surface area contributed by atoms with Crippen molar-refractivity contribution in [2.75, 3.05) is 25.6 Å². The highest BCUT2D eigenvalue weighted by Gasteiger charge is 2.26. The maximum atomic E-state index is 13.1. The molecule has 14 rings (SSSR count). The Balaban J connectivity index is 0.000000177. The predicted molar refractivity (Wildman–Crippen MR) is 527 cm³/mol. The van der Waals surface area contributed by atoms with Gasteiger partial charge in [-0.15, -0.1) is 0 Å². The van der Waals surface area contributed by atoms with E-state index in [0.29, 0.717) is 152 Å². The number of hydrogen-bond acceptors (Lipinski definition) is 27. The summed E-state index contributed by atoms with van der Waals surface area (Å²) in [6.45, 7) is 25.4. The van der Waals surface area contributed by atoms with Crippen LogP contribution in [0.1, 0.15) is 170 Å². The van der Waals surface area contributed by atoms with Crippen molar-refractivity contribution >= 4 is 72.5 Å². The third kappa shape index (κ3) is 26.1. The quantitative estimate of drug-likeness (QED) is 0.00783. The molecule has 728 valence electrons. The zero-order valence-corrected chi connectivity index (χ0v) is 80.1. The van der Waals surface area contributed by atoms with Crippen LogP contribution in [0.15, 0.2) is 178 Å². The summed E-state index contributed by atoms with van der Waals surface area (Å²) in [6, 6.07) is 41.4. The molecule has 0 radical (unpaired) electrons. The molecule has 37 heteroatoms. The van der Waals surface area contributed by atoms with Gasteiger partial charge in [-0.05, 0) is 141 Å². The summed E-state index contributed by atoms with van der Waals surface area (Å²) in [6.07, 6.45) is 9.44. The summed E-state index contributed by atoms with van der Waals surface area (Å²) in [7, 11) is 5.79. The lowest BCUT2D eigenvalue weighted by atomic mass is 10.0. The largest absolute Gasteiger partial charge is 0.498 e. The minimum atomic E-state index is -0.518. The fraction of sp³-hybridized carbons (Fsp3) is 0.416. The summed E-state index contributed by atoms with van der Waals surface area (Å²) in [5.41, 5.74) is 11.1. The van der Waals surface area contributed by atoms with Crippen molar-refractivity contribution in [2.45, 2.75) is 204 Å². The van der Waals surface area contributed by atoms with E-state index in [1.165, 1.54) is 64.7 Å². The fourth-order valence-electron chi connectivity index (χ4n) is 15.6. The summed E-state index contributed by atoms with van der Waals surface area (Å²) in [5, 5.41) is 50.1. The van der Waals surface area contributed by atoms with Crippen LogP contribution in [0.4, 0.5) is 17.1 Å². The predicted octanol–water partition coefficient (Wildman–Crippen LogP) is 11.5. The number of unbranched alkanes of at least 4 members (excludes halogenated alkanes) is 6. The number of aliphatic hydroxyl groups is 4. The molecule has 6 N–H and O–H groups in total. The van der Waals surface area contributed by atoms with Gasteiger partial charge in [-0.1, -0.05) is 166 Å². The second kappa shape index (κ2) is 49.2. The second-order valence-corrected chi connectivity index (χ2v) is 35.3. The van der Waals surface area contributed by atoms with Gasteiger partial charge in [-0.25, -0.2) is 63.9 Å². The van der Waals surface area contributed by atoms with Crippen LogP contribution < -0.4 is 69.7 Å². The molecule has 0 aliphatic carbocycles. The Hall–Kier alpha value is -14.6. The van der Waals surface area contributed by atoms with Crippen LogP contribution in [0.5, 0.6) is 23.0 Å². The molecule has 14 aromatic rings. The van der Waals surface area contributed by atoms with E-state index in [9.17, 15) is 53.6 Å². The van der Waals surface area contributed by atoms with E-state index in [4.69, 9.17) is 66.5 Å². The van der Waals surface area contributed by atoms with Crippen molar-refractivity contribution in [2.24, 2.45) is 51.9 Å². The van der Waals surface area contributed by atoms with Crippen molar-refractivity contribution in [3.05, 3.63) is 301 Å². The number of nitrogen functional groups attached to an aromatic ring is 1. The number of nitro benzene ring substituents is 1. The summed E-state index contributed by atoms with van der Waals surface area (Å²) in [4.78, 5) is 155. The molecule has 138 heavy (non-hydrogen) atoms. The van der Waals surface area contributed by atoms with E-state index < -0.39 is 49.9 Å². The highest BCUT2D eigenvalue weighted by molar-refractivity contribution is 5.88. The number of benzene rings is 6. The topological polar surface area (TPSA) is 470 Å². The molecule has 37 nitrogen and oxygen atoms in total. The molecule has 6 aromatic carbocycles. The Morgan fingerprint density at radius 3 is 1.11 bits per heavy atom. The first kappa shape index (κ1) is 104. The number of nitrogens with zero attached hydrogens (tertiary/aromatic N) is 18. The standard InChI is InChI=1S/C31H32N4O4.C24H29N5O4.C23H29N5O6.C23H31N5O4/c1-20(2)17-35-29-28(30(37)34(3)31(35)38)32-25(16-15-21-9-4-5-11-23(21)18-36)26(33-29)19-39-27-14-8-12-22-10-6-7-13-24(22)27;1-16(2)14-29-22-21(23(31)28(4)24(29)32)26-17(10-6-5-9-13-30)19(27-22)15-33-20-12-8-7-11-18(20)25-3;1-15(2)13-27-21-20(22(30)26(3)23(27)31)24-18(10-5-4-6-11-29)19(25-21)14-34-17-9-7-8-16(12-17)28(32)33;1-15(2)13-28-21-20(22(30)27(3)23(28)31)25-18(10-5-4-6-11-29)19(26-21)14-32-17-9-7-8-16(24)12-17/h4-14,20,36H,15-19H2,1-3H3;7-8,11-12,16,30H,5-6,9-10,13-15H2,1-2,4H3;7-9,12,15,29H,4-6,10-11,13-14H2,1-3H3;7-9,12,15,29H,4-6,10-11,13-14,24H2,1-3H3. The van der Waals surface area contributed by atoms with Gasteiger partial charge < -0.3 is 45.1 Å². The molecular formula is C101H121N19O18. The molecule has 8 aromatic heterocycles. The number of ether oxygens (including phenoxy) is 4. The monoisotopic (exact) mass is 1890 g/mol. The van der Waals surface area contributed by atoms with Crippen LogP contribution in [-0.2, 0) is 120 Å². The number of fused-ring (bicyclic) bond motifs is 5. The van der Waals surface area contributed by atoms with Crippen molar-refractivity contribution in [1.82, 2.24) is 76.4 Å². The average Bonchev–Trinajstić information content (AvgIpc) is 0.765. The molecule has 0 unspecified atom stereocenters. The maximum Gasteiger partial charge on any atom is 0.332 e.